The summed E-state index contributed by atoms with van der Waals surface area (Å²) in [5.41, 5.74) is 3.25. The van der Waals surface area contributed by atoms with E-state index in [-0.39, 0.29) is 28.2 Å². The molecule has 0 N–H and O–H groups in total. The molecule has 4 nitrogen and oxygen atoms in total. The minimum atomic E-state index is -4.08. The van der Waals surface area contributed by atoms with E-state index in [9.17, 15) is 0 Å². The molecule has 1 aromatic carbocycles. The number of rotatable bonds is 37. The highest BCUT2D eigenvalue weighted by molar-refractivity contribution is 7.90. The van der Waals surface area contributed by atoms with E-state index >= 15 is 13.2 Å². The molecule has 8 heterocycles. The number of sulfonamides is 1. The lowest BCUT2D eigenvalue weighted by Gasteiger charge is -2.27. The predicted octanol–water partition coefficient (Wildman–Crippen LogP) is 26.7. The first-order valence-electron chi connectivity index (χ1n) is 33.8. The lowest BCUT2D eigenvalue weighted by molar-refractivity contribution is 0.0870. The molecule has 12 heteroatoms. The van der Waals surface area contributed by atoms with Gasteiger partial charge in [0.1, 0.15) is 4.90 Å². The van der Waals surface area contributed by atoms with Gasteiger partial charge in [-0.15, -0.1) is 79.4 Å². The van der Waals surface area contributed by atoms with Gasteiger partial charge in [-0.3, -0.25) is 4.79 Å². The Morgan fingerprint density at radius 2 is 0.930 bits per heavy atom. The molecule has 0 bridgehead atoms. The number of nitrogens with zero attached hydrogens (tertiary/aromatic N) is 1. The second kappa shape index (κ2) is 30.9. The minimum Gasteiger partial charge on any atom is -0.268 e. The van der Waals surface area contributed by atoms with Gasteiger partial charge in [0.2, 0.25) is 0 Å². The molecule has 0 radical (unpaired) electrons. The Balaban J connectivity index is 1.21. The standard InChI is InChI=1S/C74H101NO3S8/c1-12-21-26-28-29-32-45-75-72(76)66-69(85-70(71(66)86(75,77)78)60-41-42-62(82-60)73(10,19-8)44-31-27-22-13-2)59-40-39-56(81-59)61-48-54-64(57-37-35-52(79-57)46-50(17-6)33-24-15-4)68-55(49-63(84-68)74(11,20-9)43-30-23-14-3)65(67(54)83-61)58-38-36-53(80-58)47-51(18-7)34-25-16-5/h35-42,48-51H,12-34,43-47H2,1-11H3. The Labute approximate surface area is 547 Å². The third kappa shape index (κ3) is 14.7. The normalized spacial score (nSPS) is 15.6. The smallest absolute Gasteiger partial charge is 0.268 e. The van der Waals surface area contributed by atoms with E-state index in [0.717, 1.165) is 82.2 Å². The van der Waals surface area contributed by atoms with Gasteiger partial charge in [0.05, 0.1) is 15.3 Å². The largest absolute Gasteiger partial charge is 0.270 e. The van der Waals surface area contributed by atoms with E-state index in [0.29, 0.717) is 23.8 Å². The SMILES string of the molecule is CCCCCCCCN1C(=O)c2c(-c3ccc(-c4cc5c(-c6ccc(CC(CC)CCCC)s6)c6sc(C(C)(CC)CCCCC)cc6c(-c6ccc(CC(CC)CCCC)s6)c5s4)s3)sc(-c3ccc(C(C)(CC)CCCCCC)s3)c2S1(=O)=O. The van der Waals surface area contributed by atoms with Crippen molar-refractivity contribution in [3.05, 3.63) is 85.7 Å². The van der Waals surface area contributed by atoms with Gasteiger partial charge in [0.25, 0.3) is 15.9 Å². The highest BCUT2D eigenvalue weighted by atomic mass is 32.2. The van der Waals surface area contributed by atoms with Crippen molar-refractivity contribution in [3.8, 4) is 50.1 Å². The Hall–Kier alpha value is -2.94. The van der Waals surface area contributed by atoms with E-state index in [1.807, 2.05) is 34.0 Å². The highest BCUT2D eigenvalue weighted by Crippen LogP contribution is 2.58. The molecule has 468 valence electrons. The van der Waals surface area contributed by atoms with Crippen LogP contribution in [0.15, 0.2) is 65.6 Å². The summed E-state index contributed by atoms with van der Waals surface area (Å²) in [5.74, 6) is 1.03. The number of hydrogen-bond acceptors (Lipinski definition) is 10. The van der Waals surface area contributed by atoms with Crippen LogP contribution in [0.2, 0.25) is 0 Å². The van der Waals surface area contributed by atoms with Crippen molar-refractivity contribution >= 4 is 115 Å². The van der Waals surface area contributed by atoms with Gasteiger partial charge in [-0.25, -0.2) is 12.7 Å². The van der Waals surface area contributed by atoms with Gasteiger partial charge in [0, 0.05) is 97.4 Å². The fraction of sp³-hybridized carbons (Fsp3) is 0.581. The van der Waals surface area contributed by atoms with Crippen molar-refractivity contribution in [2.75, 3.05) is 6.54 Å². The fourth-order valence-corrected chi connectivity index (χ4v) is 24.4. The van der Waals surface area contributed by atoms with Crippen LogP contribution in [-0.4, -0.2) is 25.2 Å². The van der Waals surface area contributed by atoms with Crippen LogP contribution < -0.4 is 0 Å². The second-order valence-corrected chi connectivity index (χ2v) is 35.2. The first-order chi connectivity index (χ1) is 41.6. The molecule has 0 saturated heterocycles. The van der Waals surface area contributed by atoms with E-state index in [4.69, 9.17) is 0 Å². The maximum atomic E-state index is 15.1. The molecular formula is C74H101NO3S8. The van der Waals surface area contributed by atoms with Crippen molar-refractivity contribution in [1.82, 2.24) is 4.31 Å². The molecule has 86 heavy (non-hydrogen) atoms. The average molecular weight is 1310 g/mol. The Bertz CT molecular complexity index is 3480. The van der Waals surface area contributed by atoms with Crippen molar-refractivity contribution < 1.29 is 13.2 Å². The third-order valence-electron chi connectivity index (χ3n) is 19.5. The van der Waals surface area contributed by atoms with Crippen molar-refractivity contribution in [1.29, 1.82) is 0 Å². The van der Waals surface area contributed by atoms with Crippen LogP contribution in [0.4, 0.5) is 0 Å². The zero-order valence-corrected chi connectivity index (χ0v) is 60.7. The van der Waals surface area contributed by atoms with Crippen molar-refractivity contribution in [2.24, 2.45) is 11.8 Å². The van der Waals surface area contributed by atoms with Gasteiger partial charge in [-0.2, -0.15) is 0 Å². The lowest BCUT2D eigenvalue weighted by Crippen LogP contribution is -2.31. The minimum absolute atomic E-state index is 0.00310. The predicted molar refractivity (Wildman–Crippen MR) is 388 cm³/mol. The summed E-state index contributed by atoms with van der Waals surface area (Å²) < 4.78 is 34.1. The molecule has 7 aromatic heterocycles. The first-order valence-corrected chi connectivity index (χ1v) is 41.0. The number of fused-ring (bicyclic) bond motifs is 3. The van der Waals surface area contributed by atoms with E-state index < -0.39 is 10.0 Å². The Morgan fingerprint density at radius 3 is 1.52 bits per heavy atom. The number of benzene rings is 1. The Morgan fingerprint density at radius 1 is 0.442 bits per heavy atom. The summed E-state index contributed by atoms with van der Waals surface area (Å²) in [6.07, 6.45) is 31.4. The molecule has 0 aliphatic carbocycles. The highest BCUT2D eigenvalue weighted by Gasteiger charge is 2.47. The summed E-state index contributed by atoms with van der Waals surface area (Å²) in [4.78, 5) is 29.6. The molecule has 0 fully saturated rings. The van der Waals surface area contributed by atoms with Crippen LogP contribution in [0.5, 0.6) is 0 Å². The van der Waals surface area contributed by atoms with Gasteiger partial charge in [-0.05, 0) is 117 Å². The molecular weight excluding hydrogens is 1210 g/mol. The summed E-state index contributed by atoms with van der Waals surface area (Å²) in [7, 11) is -4.08. The molecule has 8 aromatic rings. The average Bonchev–Trinajstić information content (AvgIpc) is 1.64. The zero-order valence-electron chi connectivity index (χ0n) is 54.2. The molecule has 0 saturated carbocycles. The van der Waals surface area contributed by atoms with Crippen molar-refractivity contribution in [2.45, 2.75) is 265 Å². The first kappa shape index (κ1) is 67.5. The Kier molecular flexibility index (Phi) is 24.2. The van der Waals surface area contributed by atoms with Gasteiger partial charge >= 0.3 is 0 Å². The van der Waals surface area contributed by atoms with E-state index in [2.05, 4.69) is 148 Å². The van der Waals surface area contributed by atoms with Gasteiger partial charge in [-0.1, -0.05) is 205 Å². The molecule has 9 rings (SSSR count). The van der Waals surface area contributed by atoms with Crippen molar-refractivity contribution in [3.63, 3.8) is 0 Å². The van der Waals surface area contributed by atoms with Gasteiger partial charge in [0.15, 0.2) is 0 Å². The summed E-state index contributed by atoms with van der Waals surface area (Å²) in [6, 6.07) is 23.8. The molecule has 1 aliphatic rings. The summed E-state index contributed by atoms with van der Waals surface area (Å²) in [5, 5.41) is 2.73. The monoisotopic (exact) mass is 1310 g/mol. The van der Waals surface area contributed by atoms with E-state index in [1.54, 1.807) is 22.7 Å². The fourth-order valence-electron chi connectivity index (χ4n) is 13.2. The third-order valence-corrected chi connectivity index (χ3v) is 30.5. The number of thiophene rings is 7. The molecule has 4 unspecified atom stereocenters. The zero-order chi connectivity index (χ0) is 61.2. The number of unbranched alkanes of at least 4 members (excludes halogenated alkanes) is 12. The number of carbonyl (C=O) groups excluding carboxylic acids is 1. The summed E-state index contributed by atoms with van der Waals surface area (Å²) >= 11 is 13.0. The number of carbonyl (C=O) groups is 1. The number of amides is 1. The topological polar surface area (TPSA) is 54.5 Å². The number of hydrogen-bond donors (Lipinski definition) is 0. The van der Waals surface area contributed by atoms with Gasteiger partial charge < -0.3 is 0 Å². The van der Waals surface area contributed by atoms with Crippen LogP contribution >= 0.6 is 79.4 Å². The van der Waals surface area contributed by atoms with Crippen LogP contribution in [0.3, 0.4) is 0 Å². The van der Waals surface area contributed by atoms with E-state index in [1.165, 1.54) is 190 Å². The maximum absolute atomic E-state index is 15.1. The molecule has 4 atom stereocenters. The lowest BCUT2D eigenvalue weighted by atomic mass is 9.80. The quantitative estimate of drug-likeness (QED) is 0.0365. The van der Waals surface area contributed by atoms with Crippen LogP contribution in [0, 0.1) is 11.8 Å². The maximum Gasteiger partial charge on any atom is 0.270 e. The van der Waals surface area contributed by atoms with Crippen LogP contribution in [-0.2, 0) is 33.7 Å². The second-order valence-electron chi connectivity index (χ2n) is 25.8. The molecule has 0 spiro atoms. The molecule has 1 amide bonds. The molecule has 1 aliphatic heterocycles. The summed E-state index contributed by atoms with van der Waals surface area (Å²) in [6.45, 7) is 26.0. The van der Waals surface area contributed by atoms with Crippen LogP contribution in [0.25, 0.3) is 70.3 Å². The van der Waals surface area contributed by atoms with Crippen LogP contribution in [0.1, 0.15) is 267 Å².